The average Bonchev–Trinajstić information content (AvgIpc) is 2.70. The molecular formula is C21H29FN6O. The van der Waals surface area contributed by atoms with E-state index in [0.29, 0.717) is 11.6 Å². The van der Waals surface area contributed by atoms with Gasteiger partial charge in [0.05, 0.1) is 0 Å². The standard InChI is InChI=1S/C21H29FN6O/c1-14-13-23-20(26-19(14)27(2)3)24-16-8-10-17(11-9-16)25-21(29)28(4)18-7-5-6-15(22)12-18/h5-7,12-13,16-17H,8-11H2,1-4H3,(H,25,29)(H,23,24,26)/t16-,17+. The van der Waals surface area contributed by atoms with E-state index in [0.717, 1.165) is 37.1 Å². The first kappa shape index (κ1) is 20.8. The molecule has 2 aromatic rings. The number of urea groups is 1. The lowest BCUT2D eigenvalue weighted by molar-refractivity contribution is 0.238. The van der Waals surface area contributed by atoms with Crippen LogP contribution < -0.4 is 20.4 Å². The molecule has 0 spiro atoms. The van der Waals surface area contributed by atoms with Crippen LogP contribution in [0.25, 0.3) is 0 Å². The van der Waals surface area contributed by atoms with E-state index in [1.807, 2.05) is 32.1 Å². The Labute approximate surface area is 171 Å². The molecule has 156 valence electrons. The predicted octanol–water partition coefficient (Wildman–Crippen LogP) is 3.56. The van der Waals surface area contributed by atoms with Gasteiger partial charge in [-0.3, -0.25) is 4.90 Å². The molecule has 2 N–H and O–H groups in total. The molecule has 1 aromatic heterocycles. The van der Waals surface area contributed by atoms with Gasteiger partial charge in [0.2, 0.25) is 5.95 Å². The Kier molecular flexibility index (Phi) is 6.51. The number of rotatable bonds is 5. The monoisotopic (exact) mass is 400 g/mol. The number of nitrogens with zero attached hydrogens (tertiary/aromatic N) is 4. The van der Waals surface area contributed by atoms with Crippen molar-refractivity contribution in [2.45, 2.75) is 44.7 Å². The molecule has 0 aliphatic heterocycles. The first-order valence-electron chi connectivity index (χ1n) is 9.90. The fraction of sp³-hybridized carbons (Fsp3) is 0.476. The Balaban J connectivity index is 1.50. The van der Waals surface area contributed by atoms with Crippen molar-refractivity contribution in [1.82, 2.24) is 15.3 Å². The molecule has 0 saturated heterocycles. The van der Waals surface area contributed by atoms with Crippen molar-refractivity contribution in [2.24, 2.45) is 0 Å². The minimum absolute atomic E-state index is 0.104. The number of benzene rings is 1. The zero-order chi connectivity index (χ0) is 21.0. The molecular weight excluding hydrogens is 371 g/mol. The Hall–Kier alpha value is -2.90. The van der Waals surface area contributed by atoms with E-state index < -0.39 is 0 Å². The third kappa shape index (κ3) is 5.34. The summed E-state index contributed by atoms with van der Waals surface area (Å²) in [6, 6.07) is 6.19. The first-order valence-corrected chi connectivity index (χ1v) is 9.90. The summed E-state index contributed by atoms with van der Waals surface area (Å²) in [5.41, 5.74) is 1.57. The van der Waals surface area contributed by atoms with Crippen molar-refractivity contribution in [2.75, 3.05) is 36.3 Å². The van der Waals surface area contributed by atoms with Crippen LogP contribution >= 0.6 is 0 Å². The van der Waals surface area contributed by atoms with Gasteiger partial charge in [-0.2, -0.15) is 4.98 Å². The largest absolute Gasteiger partial charge is 0.362 e. The van der Waals surface area contributed by atoms with Crippen molar-refractivity contribution < 1.29 is 9.18 Å². The van der Waals surface area contributed by atoms with Gasteiger partial charge in [-0.1, -0.05) is 6.07 Å². The molecule has 0 unspecified atom stereocenters. The number of aromatic nitrogens is 2. The molecule has 29 heavy (non-hydrogen) atoms. The highest BCUT2D eigenvalue weighted by molar-refractivity contribution is 5.91. The number of anilines is 3. The number of amides is 2. The Bertz CT molecular complexity index is 851. The van der Waals surface area contributed by atoms with Crippen LogP contribution in [0.1, 0.15) is 31.2 Å². The minimum atomic E-state index is -0.357. The summed E-state index contributed by atoms with van der Waals surface area (Å²) in [6.45, 7) is 1.99. The summed E-state index contributed by atoms with van der Waals surface area (Å²) in [7, 11) is 5.58. The van der Waals surface area contributed by atoms with Gasteiger partial charge in [-0.25, -0.2) is 14.2 Å². The lowest BCUT2D eigenvalue weighted by Crippen LogP contribution is -2.45. The van der Waals surface area contributed by atoms with Crippen molar-refractivity contribution in [3.63, 3.8) is 0 Å². The van der Waals surface area contributed by atoms with Crippen molar-refractivity contribution >= 4 is 23.5 Å². The quantitative estimate of drug-likeness (QED) is 0.803. The molecule has 8 heteroatoms. The Morgan fingerprint density at radius 2 is 1.83 bits per heavy atom. The van der Waals surface area contributed by atoms with Gasteiger partial charge in [0.1, 0.15) is 11.6 Å². The highest BCUT2D eigenvalue weighted by Crippen LogP contribution is 2.23. The zero-order valence-electron chi connectivity index (χ0n) is 17.4. The fourth-order valence-electron chi connectivity index (χ4n) is 3.59. The van der Waals surface area contributed by atoms with Gasteiger partial charge in [-0.05, 0) is 50.8 Å². The van der Waals surface area contributed by atoms with E-state index in [1.54, 1.807) is 19.2 Å². The molecule has 1 aliphatic carbocycles. The zero-order valence-corrected chi connectivity index (χ0v) is 17.4. The summed E-state index contributed by atoms with van der Waals surface area (Å²) < 4.78 is 13.4. The summed E-state index contributed by atoms with van der Waals surface area (Å²) in [5.74, 6) is 1.19. The number of hydrogen-bond donors (Lipinski definition) is 2. The molecule has 1 saturated carbocycles. The maximum absolute atomic E-state index is 13.4. The van der Waals surface area contributed by atoms with Gasteiger partial charge in [0.25, 0.3) is 0 Å². The van der Waals surface area contributed by atoms with E-state index in [1.165, 1.54) is 17.0 Å². The number of aryl methyl sites for hydroxylation is 1. The average molecular weight is 401 g/mol. The van der Waals surface area contributed by atoms with Crippen LogP contribution in [0.2, 0.25) is 0 Å². The topological polar surface area (TPSA) is 73.4 Å². The molecule has 0 bridgehead atoms. The van der Waals surface area contributed by atoms with E-state index >= 15 is 0 Å². The van der Waals surface area contributed by atoms with Crippen LogP contribution in [-0.2, 0) is 0 Å². The fourth-order valence-corrected chi connectivity index (χ4v) is 3.59. The summed E-state index contributed by atoms with van der Waals surface area (Å²) >= 11 is 0. The molecule has 1 aromatic carbocycles. The second-order valence-corrected chi connectivity index (χ2v) is 7.78. The van der Waals surface area contributed by atoms with Crippen LogP contribution in [0.5, 0.6) is 0 Å². The van der Waals surface area contributed by atoms with Crippen molar-refractivity contribution in [3.05, 3.63) is 41.8 Å². The smallest absolute Gasteiger partial charge is 0.321 e. The highest BCUT2D eigenvalue weighted by atomic mass is 19.1. The summed E-state index contributed by atoms with van der Waals surface area (Å²) in [4.78, 5) is 24.9. The van der Waals surface area contributed by atoms with E-state index in [9.17, 15) is 9.18 Å². The van der Waals surface area contributed by atoms with Crippen LogP contribution in [-0.4, -0.2) is 49.2 Å². The van der Waals surface area contributed by atoms with Gasteiger partial charge < -0.3 is 15.5 Å². The molecule has 1 aliphatic rings. The molecule has 3 rings (SSSR count). The van der Waals surface area contributed by atoms with Crippen molar-refractivity contribution in [3.8, 4) is 0 Å². The highest BCUT2D eigenvalue weighted by Gasteiger charge is 2.24. The maximum Gasteiger partial charge on any atom is 0.321 e. The third-order valence-corrected chi connectivity index (χ3v) is 5.26. The predicted molar refractivity (Wildman–Crippen MR) is 114 cm³/mol. The lowest BCUT2D eigenvalue weighted by Gasteiger charge is -2.31. The first-order chi connectivity index (χ1) is 13.8. The molecule has 1 fully saturated rings. The minimum Gasteiger partial charge on any atom is -0.362 e. The van der Waals surface area contributed by atoms with Crippen LogP contribution in [0.15, 0.2) is 30.5 Å². The van der Waals surface area contributed by atoms with Gasteiger partial charge >= 0.3 is 6.03 Å². The lowest BCUT2D eigenvalue weighted by atomic mass is 9.91. The summed E-state index contributed by atoms with van der Waals surface area (Å²) in [6.07, 6.45) is 5.41. The van der Waals surface area contributed by atoms with Gasteiger partial charge in [0.15, 0.2) is 0 Å². The second kappa shape index (κ2) is 9.07. The van der Waals surface area contributed by atoms with Crippen LogP contribution in [0.3, 0.4) is 0 Å². The molecule has 0 atom stereocenters. The summed E-state index contributed by atoms with van der Waals surface area (Å²) in [5, 5.41) is 6.47. The Morgan fingerprint density at radius 3 is 2.48 bits per heavy atom. The number of halogens is 1. The molecule has 1 heterocycles. The number of carbonyl (C=O) groups excluding carboxylic acids is 1. The van der Waals surface area contributed by atoms with Gasteiger partial charge in [0, 0.05) is 50.7 Å². The van der Waals surface area contributed by atoms with E-state index in [2.05, 4.69) is 20.6 Å². The molecule has 2 amide bonds. The third-order valence-electron chi connectivity index (χ3n) is 5.26. The van der Waals surface area contributed by atoms with Crippen LogP contribution in [0, 0.1) is 12.7 Å². The van der Waals surface area contributed by atoms with E-state index in [-0.39, 0.29) is 23.9 Å². The molecule has 7 nitrogen and oxygen atoms in total. The second-order valence-electron chi connectivity index (χ2n) is 7.78. The van der Waals surface area contributed by atoms with Crippen LogP contribution in [0.4, 0.5) is 26.6 Å². The van der Waals surface area contributed by atoms with Crippen molar-refractivity contribution in [1.29, 1.82) is 0 Å². The number of nitrogens with one attached hydrogen (secondary N) is 2. The van der Waals surface area contributed by atoms with E-state index in [4.69, 9.17) is 0 Å². The number of hydrogen-bond acceptors (Lipinski definition) is 5. The number of carbonyl (C=O) groups is 1. The maximum atomic E-state index is 13.4. The Morgan fingerprint density at radius 1 is 1.14 bits per heavy atom. The molecule has 0 radical (unpaired) electrons. The normalized spacial score (nSPS) is 18.8. The van der Waals surface area contributed by atoms with Gasteiger partial charge in [-0.15, -0.1) is 0 Å². The SMILES string of the molecule is Cc1cnc(N[C@H]2CC[C@@H](NC(=O)N(C)c3cccc(F)c3)CC2)nc1N(C)C.